The Bertz CT molecular complexity index is 965. The molecule has 1 saturated carbocycles. The summed E-state index contributed by atoms with van der Waals surface area (Å²) < 4.78 is 5.21. The second kappa shape index (κ2) is 10.8. The molecule has 0 atom stereocenters. The Hall–Kier alpha value is -3.16. The first-order valence-electron chi connectivity index (χ1n) is 12.2. The molecule has 2 amide bonds. The number of rotatable bonds is 9. The van der Waals surface area contributed by atoms with E-state index >= 15 is 0 Å². The van der Waals surface area contributed by atoms with Crippen molar-refractivity contribution in [3.8, 4) is 17.0 Å². The standard InChI is InChI=1S/C26H35N5O3/c1-19(2)16-25(32)31(17-20-4-5-20)18-26(33)30-14-12-29(13-15-30)24-11-10-23(27-28-24)21-6-8-22(34-3)9-7-21/h6-11,19-20H,4-5,12-18H2,1-3H3. The molecule has 2 aliphatic rings. The number of amides is 2. The zero-order valence-corrected chi connectivity index (χ0v) is 20.4. The van der Waals surface area contributed by atoms with Crippen LogP contribution in [0.25, 0.3) is 11.3 Å². The molecule has 4 rings (SSSR count). The minimum absolute atomic E-state index is 0.0401. The van der Waals surface area contributed by atoms with Gasteiger partial charge in [0.05, 0.1) is 19.3 Å². The van der Waals surface area contributed by atoms with Crippen molar-refractivity contribution in [2.24, 2.45) is 11.8 Å². The van der Waals surface area contributed by atoms with E-state index in [2.05, 4.69) is 15.1 Å². The minimum atomic E-state index is 0.0401. The van der Waals surface area contributed by atoms with E-state index < -0.39 is 0 Å². The summed E-state index contributed by atoms with van der Waals surface area (Å²) in [5.41, 5.74) is 1.79. The fourth-order valence-corrected chi connectivity index (χ4v) is 4.20. The Morgan fingerprint density at radius 3 is 2.29 bits per heavy atom. The van der Waals surface area contributed by atoms with E-state index in [1.54, 1.807) is 12.0 Å². The van der Waals surface area contributed by atoms with Crippen molar-refractivity contribution in [2.75, 3.05) is 51.3 Å². The van der Waals surface area contributed by atoms with Crippen molar-refractivity contribution in [3.63, 3.8) is 0 Å². The van der Waals surface area contributed by atoms with E-state index in [0.717, 1.165) is 35.7 Å². The normalized spacial score (nSPS) is 16.0. The lowest BCUT2D eigenvalue weighted by atomic mass is 10.1. The van der Waals surface area contributed by atoms with Gasteiger partial charge in [-0.05, 0) is 61.1 Å². The van der Waals surface area contributed by atoms with Gasteiger partial charge in [-0.1, -0.05) is 13.8 Å². The van der Waals surface area contributed by atoms with Crippen LogP contribution in [0.1, 0.15) is 33.1 Å². The minimum Gasteiger partial charge on any atom is -0.497 e. The average Bonchev–Trinajstić information content (AvgIpc) is 3.67. The van der Waals surface area contributed by atoms with Gasteiger partial charge in [0, 0.05) is 44.7 Å². The monoisotopic (exact) mass is 465 g/mol. The predicted octanol–water partition coefficient (Wildman–Crippen LogP) is 3.09. The van der Waals surface area contributed by atoms with Crippen LogP contribution in [0.5, 0.6) is 5.75 Å². The van der Waals surface area contributed by atoms with Gasteiger partial charge in [0.2, 0.25) is 11.8 Å². The highest BCUT2D eigenvalue weighted by atomic mass is 16.5. The van der Waals surface area contributed by atoms with Gasteiger partial charge in [0.1, 0.15) is 5.75 Å². The van der Waals surface area contributed by atoms with Crippen LogP contribution < -0.4 is 9.64 Å². The summed E-state index contributed by atoms with van der Waals surface area (Å²) in [6, 6.07) is 11.7. The molecule has 2 fully saturated rings. The lowest BCUT2D eigenvalue weighted by Crippen LogP contribution is -2.52. The maximum Gasteiger partial charge on any atom is 0.242 e. The molecule has 0 bridgehead atoms. The van der Waals surface area contributed by atoms with Gasteiger partial charge in [-0.3, -0.25) is 9.59 Å². The second-order valence-electron chi connectivity index (χ2n) is 9.69. The third kappa shape index (κ3) is 6.24. The number of hydrogen-bond donors (Lipinski definition) is 0. The van der Waals surface area contributed by atoms with Crippen molar-refractivity contribution >= 4 is 17.6 Å². The van der Waals surface area contributed by atoms with Gasteiger partial charge in [-0.25, -0.2) is 0 Å². The van der Waals surface area contributed by atoms with E-state index in [1.807, 2.05) is 55.1 Å². The van der Waals surface area contributed by atoms with E-state index in [-0.39, 0.29) is 18.4 Å². The molecule has 0 radical (unpaired) electrons. The number of ether oxygens (including phenoxy) is 1. The smallest absolute Gasteiger partial charge is 0.242 e. The maximum absolute atomic E-state index is 13.0. The van der Waals surface area contributed by atoms with Crippen LogP contribution in [-0.4, -0.2) is 78.2 Å². The Morgan fingerprint density at radius 1 is 1.03 bits per heavy atom. The molecule has 182 valence electrons. The summed E-state index contributed by atoms with van der Waals surface area (Å²) in [4.78, 5) is 31.4. The van der Waals surface area contributed by atoms with Gasteiger partial charge in [-0.15, -0.1) is 10.2 Å². The molecular formula is C26H35N5O3. The first-order chi connectivity index (χ1) is 16.4. The van der Waals surface area contributed by atoms with Crippen LogP contribution in [0.15, 0.2) is 36.4 Å². The van der Waals surface area contributed by atoms with Crippen molar-refractivity contribution in [1.29, 1.82) is 0 Å². The van der Waals surface area contributed by atoms with E-state index in [0.29, 0.717) is 51.0 Å². The van der Waals surface area contributed by atoms with Crippen molar-refractivity contribution in [3.05, 3.63) is 36.4 Å². The van der Waals surface area contributed by atoms with Gasteiger partial charge >= 0.3 is 0 Å². The molecule has 0 spiro atoms. The predicted molar refractivity (Wildman–Crippen MR) is 132 cm³/mol. The molecule has 2 aromatic rings. The highest BCUT2D eigenvalue weighted by molar-refractivity contribution is 5.85. The van der Waals surface area contributed by atoms with Crippen molar-refractivity contribution in [2.45, 2.75) is 33.1 Å². The molecule has 1 aliphatic carbocycles. The highest BCUT2D eigenvalue weighted by Gasteiger charge is 2.30. The number of methoxy groups -OCH3 is 1. The summed E-state index contributed by atoms with van der Waals surface area (Å²) in [6.07, 6.45) is 2.83. The number of hydrogen-bond acceptors (Lipinski definition) is 6. The van der Waals surface area contributed by atoms with E-state index in [1.165, 1.54) is 0 Å². The van der Waals surface area contributed by atoms with E-state index in [9.17, 15) is 9.59 Å². The lowest BCUT2D eigenvalue weighted by Gasteiger charge is -2.36. The summed E-state index contributed by atoms with van der Waals surface area (Å²) in [7, 11) is 1.65. The largest absolute Gasteiger partial charge is 0.497 e. The SMILES string of the molecule is COc1ccc(-c2ccc(N3CCN(C(=O)CN(CC4CC4)C(=O)CC(C)C)CC3)nn2)cc1. The van der Waals surface area contributed by atoms with Gasteiger partial charge in [0.25, 0.3) is 0 Å². The van der Waals surface area contributed by atoms with Crippen LogP contribution in [0, 0.1) is 11.8 Å². The van der Waals surface area contributed by atoms with Crippen LogP contribution in [0.3, 0.4) is 0 Å². The zero-order valence-electron chi connectivity index (χ0n) is 20.4. The van der Waals surface area contributed by atoms with Crippen LogP contribution in [-0.2, 0) is 9.59 Å². The quantitative estimate of drug-likeness (QED) is 0.566. The fourth-order valence-electron chi connectivity index (χ4n) is 4.20. The zero-order chi connectivity index (χ0) is 24.1. The first kappa shape index (κ1) is 24.0. The number of carbonyl (C=O) groups excluding carboxylic acids is 2. The summed E-state index contributed by atoms with van der Waals surface area (Å²) in [6.45, 7) is 7.63. The maximum atomic E-state index is 13.0. The molecule has 1 aromatic carbocycles. The van der Waals surface area contributed by atoms with Crippen LogP contribution >= 0.6 is 0 Å². The molecule has 0 N–H and O–H groups in total. The van der Waals surface area contributed by atoms with Crippen LogP contribution in [0.4, 0.5) is 5.82 Å². The Morgan fingerprint density at radius 2 is 1.74 bits per heavy atom. The van der Waals surface area contributed by atoms with E-state index in [4.69, 9.17) is 4.74 Å². The molecule has 0 unspecified atom stereocenters. The molecular weight excluding hydrogens is 430 g/mol. The third-order valence-corrected chi connectivity index (χ3v) is 6.43. The molecule has 1 saturated heterocycles. The van der Waals surface area contributed by atoms with Crippen LogP contribution in [0.2, 0.25) is 0 Å². The highest BCUT2D eigenvalue weighted by Crippen LogP contribution is 2.30. The van der Waals surface area contributed by atoms with Gasteiger partial charge in [-0.2, -0.15) is 0 Å². The second-order valence-corrected chi connectivity index (χ2v) is 9.69. The molecule has 34 heavy (non-hydrogen) atoms. The lowest BCUT2D eigenvalue weighted by molar-refractivity contribution is -0.141. The number of aromatic nitrogens is 2. The molecule has 2 heterocycles. The number of piperazine rings is 1. The topological polar surface area (TPSA) is 78.9 Å². The van der Waals surface area contributed by atoms with Crippen molar-refractivity contribution in [1.82, 2.24) is 20.0 Å². The number of carbonyl (C=O) groups is 2. The van der Waals surface area contributed by atoms with Gasteiger partial charge < -0.3 is 19.4 Å². The molecule has 8 nitrogen and oxygen atoms in total. The summed E-state index contributed by atoms with van der Waals surface area (Å²) in [5.74, 6) is 2.62. The fraction of sp³-hybridized carbons (Fsp3) is 0.538. The Balaban J connectivity index is 1.30. The third-order valence-electron chi connectivity index (χ3n) is 6.43. The van der Waals surface area contributed by atoms with Crippen molar-refractivity contribution < 1.29 is 14.3 Å². The Kier molecular flexibility index (Phi) is 7.65. The summed E-state index contributed by atoms with van der Waals surface area (Å²) in [5, 5.41) is 8.81. The molecule has 8 heteroatoms. The summed E-state index contributed by atoms with van der Waals surface area (Å²) >= 11 is 0. The Labute approximate surface area is 201 Å². The molecule has 1 aromatic heterocycles. The van der Waals surface area contributed by atoms with Gasteiger partial charge in [0.15, 0.2) is 5.82 Å². The molecule has 1 aliphatic heterocycles. The average molecular weight is 466 g/mol. The number of anilines is 1. The first-order valence-corrected chi connectivity index (χ1v) is 12.2. The number of benzene rings is 1. The number of nitrogens with zero attached hydrogens (tertiary/aromatic N) is 5.